The third kappa shape index (κ3) is 6.95. The number of fused-ring (bicyclic) bond motifs is 1. The number of hydrogen-bond acceptors (Lipinski definition) is 9. The van der Waals surface area contributed by atoms with Crippen LogP contribution >= 0.6 is 0 Å². The van der Waals surface area contributed by atoms with Crippen LogP contribution in [0.1, 0.15) is 37.8 Å². The molecule has 246 valence electrons. The van der Waals surface area contributed by atoms with E-state index in [0.717, 1.165) is 16.9 Å². The molecule has 5 heterocycles. The quantitative estimate of drug-likeness (QED) is 0.274. The summed E-state index contributed by atoms with van der Waals surface area (Å²) in [6, 6.07) is 11.8. The highest BCUT2D eigenvalue weighted by molar-refractivity contribution is 5.85. The molecule has 1 unspecified atom stereocenters. The minimum atomic E-state index is -0.712. The molecule has 1 saturated heterocycles. The molecule has 0 bridgehead atoms. The monoisotopic (exact) mass is 650 g/mol. The van der Waals surface area contributed by atoms with Crippen LogP contribution in [0.3, 0.4) is 0 Å². The molecule has 1 fully saturated rings. The molecule has 0 radical (unpaired) electrons. The molecular formula is C34H35FN10O3. The smallest absolute Gasteiger partial charge is 0.407 e. The molecular weight excluding hydrogens is 615 g/mol. The number of aromatic nitrogens is 6. The second kappa shape index (κ2) is 13.1. The Morgan fingerprint density at radius 1 is 1.00 bits per heavy atom. The summed E-state index contributed by atoms with van der Waals surface area (Å²) in [5, 5.41) is 21.1. The fourth-order valence-corrected chi connectivity index (χ4v) is 5.62. The first kappa shape index (κ1) is 32.1. The van der Waals surface area contributed by atoms with E-state index >= 15 is 0 Å². The average molecular weight is 651 g/mol. The van der Waals surface area contributed by atoms with Gasteiger partial charge in [0.15, 0.2) is 0 Å². The minimum Gasteiger partial charge on any atom is -0.444 e. The van der Waals surface area contributed by atoms with Crippen LogP contribution in [0.5, 0.6) is 0 Å². The Kier molecular flexibility index (Phi) is 8.77. The molecule has 48 heavy (non-hydrogen) atoms. The first-order valence-electron chi connectivity index (χ1n) is 15.5. The number of amides is 2. The molecule has 1 atom stereocenters. The molecule has 13 nitrogen and oxygen atoms in total. The molecule has 1 aromatic carbocycles. The maximum absolute atomic E-state index is 13.8. The van der Waals surface area contributed by atoms with Gasteiger partial charge in [-0.25, -0.2) is 23.7 Å². The van der Waals surface area contributed by atoms with Gasteiger partial charge in [-0.15, -0.1) is 0 Å². The number of nitriles is 1. The summed E-state index contributed by atoms with van der Waals surface area (Å²) in [5.74, 6) is -0.552. The van der Waals surface area contributed by atoms with Gasteiger partial charge in [-0.2, -0.15) is 15.5 Å². The number of hydrogen-bond donors (Lipinski definition) is 1. The number of carbonyl (C=O) groups excluding carboxylic acids is 2. The van der Waals surface area contributed by atoms with E-state index < -0.39 is 23.4 Å². The Morgan fingerprint density at radius 3 is 2.38 bits per heavy atom. The molecule has 2 amide bonds. The number of ether oxygens (including phenoxy) is 1. The molecule has 4 aromatic heterocycles. The first-order chi connectivity index (χ1) is 23.0. The van der Waals surface area contributed by atoms with E-state index in [4.69, 9.17) is 14.7 Å². The summed E-state index contributed by atoms with van der Waals surface area (Å²) in [6.45, 7) is 7.24. The van der Waals surface area contributed by atoms with Gasteiger partial charge in [0.2, 0.25) is 5.91 Å². The van der Waals surface area contributed by atoms with E-state index in [-0.39, 0.29) is 12.5 Å². The Bertz CT molecular complexity index is 1980. The van der Waals surface area contributed by atoms with Gasteiger partial charge in [0.05, 0.1) is 35.9 Å². The predicted molar refractivity (Wildman–Crippen MR) is 175 cm³/mol. The van der Waals surface area contributed by atoms with E-state index in [1.807, 2.05) is 25.4 Å². The number of nitrogens with one attached hydrogen (secondary N) is 1. The van der Waals surface area contributed by atoms with Gasteiger partial charge in [-0.1, -0.05) is 12.1 Å². The van der Waals surface area contributed by atoms with Crippen LogP contribution in [-0.2, 0) is 16.6 Å². The number of nitrogens with zero attached hydrogens (tertiary/aromatic N) is 9. The molecule has 0 spiro atoms. The third-order valence-electron chi connectivity index (χ3n) is 7.97. The highest BCUT2D eigenvalue weighted by atomic mass is 19.1. The number of anilines is 1. The fraction of sp³-hybridized carbons (Fsp3) is 0.324. The van der Waals surface area contributed by atoms with E-state index in [1.165, 1.54) is 18.3 Å². The van der Waals surface area contributed by atoms with Crippen LogP contribution in [0.25, 0.3) is 28.0 Å². The molecule has 1 aliphatic rings. The SMILES string of the molecule is Cn1cc(-c2cn3ncc(C#N)c3c(-c3ccc(N4CCN(C(=O)C(CNC(=O)OC(C)(C)C)c5ccc(F)cc5)CC4)nc3)n2)cn1. The van der Waals surface area contributed by atoms with Gasteiger partial charge in [0.1, 0.15) is 34.4 Å². The first-order valence-corrected chi connectivity index (χ1v) is 15.5. The summed E-state index contributed by atoms with van der Waals surface area (Å²) in [6.07, 6.45) is 7.97. The summed E-state index contributed by atoms with van der Waals surface area (Å²) in [7, 11) is 1.83. The largest absolute Gasteiger partial charge is 0.444 e. The highest BCUT2D eigenvalue weighted by Gasteiger charge is 2.30. The molecule has 1 aliphatic heterocycles. The van der Waals surface area contributed by atoms with Crippen molar-refractivity contribution >= 4 is 23.3 Å². The van der Waals surface area contributed by atoms with Crippen LogP contribution in [0.15, 0.2) is 67.4 Å². The van der Waals surface area contributed by atoms with Crippen molar-refractivity contribution in [3.63, 3.8) is 0 Å². The summed E-state index contributed by atoms with van der Waals surface area (Å²) in [5.41, 5.74) is 3.67. The van der Waals surface area contributed by atoms with Crippen LogP contribution < -0.4 is 10.2 Å². The summed E-state index contributed by atoms with van der Waals surface area (Å²) >= 11 is 0. The van der Waals surface area contributed by atoms with Crippen LogP contribution in [-0.4, -0.2) is 84.6 Å². The van der Waals surface area contributed by atoms with Crippen molar-refractivity contribution in [3.8, 4) is 28.6 Å². The van der Waals surface area contributed by atoms with Crippen molar-refractivity contribution in [3.05, 3.63) is 84.3 Å². The molecule has 5 aromatic rings. The van der Waals surface area contributed by atoms with E-state index in [9.17, 15) is 19.2 Å². The third-order valence-corrected chi connectivity index (χ3v) is 7.97. The van der Waals surface area contributed by atoms with Gasteiger partial charge in [0, 0.05) is 63.3 Å². The van der Waals surface area contributed by atoms with E-state index in [2.05, 4.69) is 26.5 Å². The zero-order chi connectivity index (χ0) is 34.0. The van der Waals surface area contributed by atoms with Crippen molar-refractivity contribution in [2.24, 2.45) is 7.05 Å². The number of piperazine rings is 1. The predicted octanol–water partition coefficient (Wildman–Crippen LogP) is 4.16. The van der Waals surface area contributed by atoms with Gasteiger partial charge >= 0.3 is 6.09 Å². The Balaban J connectivity index is 1.17. The van der Waals surface area contributed by atoms with Crippen LogP contribution in [0.2, 0.25) is 0 Å². The van der Waals surface area contributed by atoms with Crippen molar-refractivity contribution < 1.29 is 18.7 Å². The maximum atomic E-state index is 13.8. The molecule has 6 rings (SSSR count). The van der Waals surface area contributed by atoms with Crippen molar-refractivity contribution in [1.82, 2.24) is 39.6 Å². The lowest BCUT2D eigenvalue weighted by molar-refractivity contribution is -0.133. The second-order valence-corrected chi connectivity index (χ2v) is 12.5. The van der Waals surface area contributed by atoms with Gasteiger partial charge < -0.3 is 19.9 Å². The lowest BCUT2D eigenvalue weighted by Crippen LogP contribution is -2.51. The molecule has 1 N–H and O–H groups in total. The van der Waals surface area contributed by atoms with Crippen molar-refractivity contribution in [1.29, 1.82) is 5.26 Å². The Morgan fingerprint density at radius 2 is 1.75 bits per heavy atom. The number of alkyl carbamates (subject to hydrolysis) is 1. The topological polar surface area (TPSA) is 147 Å². The minimum absolute atomic E-state index is 0.0105. The highest BCUT2D eigenvalue weighted by Crippen LogP contribution is 2.30. The van der Waals surface area contributed by atoms with E-state index in [1.54, 1.807) is 65.6 Å². The number of rotatable bonds is 7. The van der Waals surface area contributed by atoms with Gasteiger partial charge in [0.25, 0.3) is 0 Å². The normalized spacial score (nSPS) is 14.1. The maximum Gasteiger partial charge on any atom is 0.407 e. The van der Waals surface area contributed by atoms with Crippen molar-refractivity contribution in [2.75, 3.05) is 37.6 Å². The lowest BCUT2D eigenvalue weighted by atomic mass is 9.97. The summed E-state index contributed by atoms with van der Waals surface area (Å²) in [4.78, 5) is 39.6. The van der Waals surface area contributed by atoms with E-state index in [0.29, 0.717) is 54.2 Å². The second-order valence-electron chi connectivity index (χ2n) is 12.5. The zero-order valence-corrected chi connectivity index (χ0v) is 27.1. The van der Waals surface area contributed by atoms with Gasteiger partial charge in [-0.05, 0) is 50.6 Å². The fourth-order valence-electron chi connectivity index (χ4n) is 5.62. The number of pyridine rings is 1. The van der Waals surface area contributed by atoms with Gasteiger partial charge in [-0.3, -0.25) is 9.48 Å². The Labute approximate surface area is 276 Å². The zero-order valence-electron chi connectivity index (χ0n) is 27.1. The molecule has 0 saturated carbocycles. The van der Waals surface area contributed by atoms with Crippen LogP contribution in [0, 0.1) is 17.1 Å². The number of benzene rings is 1. The number of halogens is 1. The molecule has 14 heteroatoms. The van der Waals surface area contributed by atoms with Crippen molar-refractivity contribution in [2.45, 2.75) is 32.3 Å². The number of carbonyl (C=O) groups is 2. The van der Waals surface area contributed by atoms with Crippen LogP contribution in [0.4, 0.5) is 15.0 Å². The average Bonchev–Trinajstić information content (AvgIpc) is 3.70. The lowest BCUT2D eigenvalue weighted by Gasteiger charge is -2.37. The molecule has 0 aliphatic carbocycles. The summed E-state index contributed by atoms with van der Waals surface area (Å²) < 4.78 is 22.4. The number of aryl methyl sites for hydroxylation is 1. The Hall–Kier alpha value is -5.84. The standard InChI is InChI=1S/C34H35FN10O3/c1-34(2,3)48-33(47)38-19-27(22-5-8-26(35)9-6-22)32(46)44-13-11-43(12-14-44)29-10-7-23(16-37-29)30-31-24(15-36)17-40-45(31)21-28(41-30)25-18-39-42(4)20-25/h5-10,16-18,20-21,27H,11-14,19H2,1-4H3,(H,38,47).